The number of hydrogen-bond acceptors (Lipinski definition) is 3. The summed E-state index contributed by atoms with van der Waals surface area (Å²) >= 11 is 0. The van der Waals surface area contributed by atoms with Gasteiger partial charge < -0.3 is 14.6 Å². The Morgan fingerprint density at radius 2 is 1.28 bits per heavy atom. The van der Waals surface area contributed by atoms with Crippen LogP contribution in [0.25, 0.3) is 0 Å². The molecule has 0 saturated carbocycles. The second-order valence-corrected chi connectivity index (χ2v) is 19.5. The number of benzene rings is 1. The molecular formula is C20H39NO2Si2. The van der Waals surface area contributed by atoms with Gasteiger partial charge in [0.1, 0.15) is 5.75 Å². The summed E-state index contributed by atoms with van der Waals surface area (Å²) in [4.78, 5) is 0. The summed E-state index contributed by atoms with van der Waals surface area (Å²) in [5, 5.41) is 0.364. The van der Waals surface area contributed by atoms with E-state index in [1.54, 1.807) is 0 Å². The first-order valence-electron chi connectivity index (χ1n) is 9.27. The van der Waals surface area contributed by atoms with Crippen molar-refractivity contribution < 1.29 is 8.85 Å². The molecule has 0 aliphatic rings. The molecule has 25 heavy (non-hydrogen) atoms. The predicted molar refractivity (Wildman–Crippen MR) is 114 cm³/mol. The highest BCUT2D eigenvalue weighted by molar-refractivity contribution is 6.75. The normalized spacial score (nSPS) is 15.2. The minimum absolute atomic E-state index is 0.0530. The van der Waals surface area contributed by atoms with Crippen LogP contribution in [-0.2, 0) is 4.43 Å². The first-order chi connectivity index (χ1) is 11.1. The molecule has 1 aromatic rings. The molecule has 0 heterocycles. The van der Waals surface area contributed by atoms with Crippen molar-refractivity contribution in [3.63, 3.8) is 0 Å². The largest absolute Gasteiger partial charge is 0.544 e. The smallest absolute Gasteiger partial charge is 0.250 e. The third kappa shape index (κ3) is 5.68. The third-order valence-corrected chi connectivity index (χ3v) is 14.7. The predicted octanol–water partition coefficient (Wildman–Crippen LogP) is 6.09. The molecule has 3 nitrogen and oxygen atoms in total. The molecule has 0 bridgehead atoms. The maximum absolute atomic E-state index is 6.51. The van der Waals surface area contributed by atoms with E-state index in [0.717, 1.165) is 11.3 Å². The van der Waals surface area contributed by atoms with Crippen molar-refractivity contribution >= 4 is 16.6 Å². The summed E-state index contributed by atoms with van der Waals surface area (Å²) in [5.41, 5.74) is 7.16. The van der Waals surface area contributed by atoms with E-state index in [-0.39, 0.29) is 16.2 Å². The second-order valence-electron chi connectivity index (χ2n) is 10.0. The Morgan fingerprint density at radius 3 is 1.64 bits per heavy atom. The monoisotopic (exact) mass is 381 g/mol. The van der Waals surface area contributed by atoms with Gasteiger partial charge in [0, 0.05) is 6.54 Å². The molecular weight excluding hydrogens is 342 g/mol. The zero-order valence-corrected chi connectivity index (χ0v) is 20.0. The van der Waals surface area contributed by atoms with Crippen molar-refractivity contribution in [1.29, 1.82) is 0 Å². The first-order valence-corrected chi connectivity index (χ1v) is 15.1. The lowest BCUT2D eigenvalue weighted by molar-refractivity contribution is 0.191. The Bertz CT molecular complexity index is 555. The van der Waals surface area contributed by atoms with Crippen LogP contribution in [0.4, 0.5) is 0 Å². The highest BCUT2D eigenvalue weighted by Gasteiger charge is 2.40. The summed E-state index contributed by atoms with van der Waals surface area (Å²) in [5.74, 6) is 0.943. The maximum Gasteiger partial charge on any atom is 0.250 e. The van der Waals surface area contributed by atoms with E-state index in [9.17, 15) is 0 Å². The molecule has 1 rings (SSSR count). The third-order valence-electron chi connectivity index (χ3n) is 5.89. The Morgan fingerprint density at radius 1 is 0.840 bits per heavy atom. The van der Waals surface area contributed by atoms with E-state index < -0.39 is 16.6 Å². The molecule has 0 fully saturated rings. The van der Waals surface area contributed by atoms with Crippen molar-refractivity contribution in [2.24, 2.45) is 5.73 Å². The highest BCUT2D eigenvalue weighted by atomic mass is 28.4. The Hall–Kier alpha value is -0.626. The summed E-state index contributed by atoms with van der Waals surface area (Å²) in [6.45, 7) is 23.1. The van der Waals surface area contributed by atoms with E-state index >= 15 is 0 Å². The van der Waals surface area contributed by atoms with E-state index in [2.05, 4.69) is 92.0 Å². The zero-order chi connectivity index (χ0) is 19.7. The van der Waals surface area contributed by atoms with Gasteiger partial charge in [-0.1, -0.05) is 53.7 Å². The van der Waals surface area contributed by atoms with Crippen LogP contribution in [0.3, 0.4) is 0 Å². The molecule has 0 aliphatic heterocycles. The molecule has 0 spiro atoms. The van der Waals surface area contributed by atoms with Crippen LogP contribution >= 0.6 is 0 Å². The Kier molecular flexibility index (Phi) is 6.77. The summed E-state index contributed by atoms with van der Waals surface area (Å²) in [6, 6.07) is 8.33. The lowest BCUT2D eigenvalue weighted by atomic mass is 10.1. The van der Waals surface area contributed by atoms with Crippen LogP contribution < -0.4 is 10.2 Å². The lowest BCUT2D eigenvalue weighted by Crippen LogP contribution is -2.44. The molecule has 1 atom stereocenters. The average molecular weight is 382 g/mol. The fourth-order valence-corrected chi connectivity index (χ4v) is 4.31. The fraction of sp³-hybridized carbons (Fsp3) is 0.700. The van der Waals surface area contributed by atoms with E-state index in [0.29, 0.717) is 6.54 Å². The Balaban J connectivity index is 2.94. The van der Waals surface area contributed by atoms with Gasteiger partial charge in [0.25, 0.3) is 0 Å². The van der Waals surface area contributed by atoms with E-state index in [1.165, 1.54) is 0 Å². The van der Waals surface area contributed by atoms with Crippen LogP contribution in [0, 0.1) is 0 Å². The molecule has 0 aliphatic carbocycles. The second kappa shape index (κ2) is 7.55. The number of rotatable bonds is 6. The molecule has 0 amide bonds. The van der Waals surface area contributed by atoms with Crippen molar-refractivity contribution in [2.75, 3.05) is 6.54 Å². The molecule has 1 unspecified atom stereocenters. The van der Waals surface area contributed by atoms with Gasteiger partial charge in [-0.15, -0.1) is 0 Å². The molecule has 1 aromatic carbocycles. The average Bonchev–Trinajstić information content (AvgIpc) is 2.43. The van der Waals surface area contributed by atoms with E-state index in [4.69, 9.17) is 14.6 Å². The summed E-state index contributed by atoms with van der Waals surface area (Å²) < 4.78 is 12.9. The van der Waals surface area contributed by atoms with Crippen molar-refractivity contribution in [2.45, 2.75) is 83.9 Å². The Labute approximate surface area is 157 Å². The standard InChI is InChI=1S/C20H39NO2Si2/c1-19(2,3)24(7,8)22-17-13-11-16(12-14-17)18(15-21)23-25(9,10)20(4,5)6/h11-14,18H,15,21H2,1-10H3. The van der Waals surface area contributed by atoms with Crippen molar-refractivity contribution in [3.05, 3.63) is 29.8 Å². The van der Waals surface area contributed by atoms with Crippen molar-refractivity contribution in [1.82, 2.24) is 0 Å². The SMILES string of the molecule is CC(C)(C)[Si](C)(C)Oc1ccc(C(CN)O[Si](C)(C)C(C)(C)C)cc1. The number of hydrogen-bond donors (Lipinski definition) is 1. The van der Waals surface area contributed by atoms with Gasteiger partial charge in [-0.05, 0) is 54.0 Å². The minimum Gasteiger partial charge on any atom is -0.544 e. The molecule has 0 saturated heterocycles. The van der Waals surface area contributed by atoms with Gasteiger partial charge in [0.2, 0.25) is 8.32 Å². The van der Waals surface area contributed by atoms with E-state index in [1.807, 2.05) is 0 Å². The molecule has 144 valence electrons. The van der Waals surface area contributed by atoms with Crippen LogP contribution in [0.2, 0.25) is 36.3 Å². The van der Waals surface area contributed by atoms with Gasteiger partial charge in [0.15, 0.2) is 8.32 Å². The van der Waals surface area contributed by atoms with Gasteiger partial charge in [-0.2, -0.15) is 0 Å². The molecule has 5 heteroatoms. The minimum atomic E-state index is -1.85. The van der Waals surface area contributed by atoms with Gasteiger partial charge in [0.05, 0.1) is 6.10 Å². The van der Waals surface area contributed by atoms with Crippen LogP contribution in [-0.4, -0.2) is 23.2 Å². The van der Waals surface area contributed by atoms with Crippen molar-refractivity contribution in [3.8, 4) is 5.75 Å². The van der Waals surface area contributed by atoms with Gasteiger partial charge in [-0.25, -0.2) is 0 Å². The fourth-order valence-electron chi connectivity index (χ4n) is 1.98. The van der Waals surface area contributed by atoms with Crippen LogP contribution in [0.15, 0.2) is 24.3 Å². The molecule has 0 aromatic heterocycles. The topological polar surface area (TPSA) is 44.5 Å². The molecule has 0 radical (unpaired) electrons. The first kappa shape index (κ1) is 22.4. The zero-order valence-electron chi connectivity index (χ0n) is 18.0. The van der Waals surface area contributed by atoms with Crippen LogP contribution in [0.1, 0.15) is 53.2 Å². The summed E-state index contributed by atoms with van der Waals surface area (Å²) in [6.07, 6.45) is -0.0530. The maximum atomic E-state index is 6.51. The lowest BCUT2D eigenvalue weighted by Gasteiger charge is -2.39. The van der Waals surface area contributed by atoms with Gasteiger partial charge in [-0.3, -0.25) is 0 Å². The quantitative estimate of drug-likeness (QED) is 0.606. The number of nitrogens with two attached hydrogens (primary N) is 1. The van der Waals surface area contributed by atoms with Gasteiger partial charge >= 0.3 is 0 Å². The summed E-state index contributed by atoms with van der Waals surface area (Å²) in [7, 11) is -3.66. The van der Waals surface area contributed by atoms with Crippen LogP contribution in [0.5, 0.6) is 5.75 Å². The highest BCUT2D eigenvalue weighted by Crippen LogP contribution is 2.40. The molecule has 2 N–H and O–H groups in total.